The van der Waals surface area contributed by atoms with Crippen LogP contribution < -0.4 is 5.32 Å². The number of rotatable bonds is 3. The molecule has 0 bridgehead atoms. The van der Waals surface area contributed by atoms with Crippen molar-refractivity contribution in [1.29, 1.82) is 0 Å². The molecule has 0 amide bonds. The van der Waals surface area contributed by atoms with E-state index in [4.69, 9.17) is 4.74 Å². The minimum atomic E-state index is 0.262. The molecule has 0 aromatic heterocycles. The van der Waals surface area contributed by atoms with Crippen LogP contribution in [0.3, 0.4) is 0 Å². The number of nitrogens with zero attached hydrogens (tertiary/aromatic N) is 1. The summed E-state index contributed by atoms with van der Waals surface area (Å²) >= 11 is 0. The first kappa shape index (κ1) is 14.3. The molecule has 2 saturated heterocycles. The molecule has 1 N–H and O–H groups in total. The molecule has 0 radical (unpaired) electrons. The van der Waals surface area contributed by atoms with Crippen molar-refractivity contribution < 1.29 is 4.74 Å². The van der Waals surface area contributed by atoms with Crippen molar-refractivity contribution in [2.75, 3.05) is 32.8 Å². The van der Waals surface area contributed by atoms with Crippen molar-refractivity contribution in [3.8, 4) is 0 Å². The van der Waals surface area contributed by atoms with Crippen molar-refractivity contribution in [3.05, 3.63) is 0 Å². The third kappa shape index (κ3) is 4.52. The predicted molar refractivity (Wildman–Crippen MR) is 75.9 cm³/mol. The van der Waals surface area contributed by atoms with E-state index in [0.29, 0.717) is 0 Å². The Bertz CT molecular complexity index is 235. The van der Waals surface area contributed by atoms with Crippen LogP contribution in [-0.4, -0.2) is 49.3 Å². The topological polar surface area (TPSA) is 24.5 Å². The van der Waals surface area contributed by atoms with Crippen molar-refractivity contribution in [1.82, 2.24) is 10.2 Å². The Hall–Kier alpha value is -0.120. The van der Waals surface area contributed by atoms with Gasteiger partial charge in [-0.25, -0.2) is 0 Å². The summed E-state index contributed by atoms with van der Waals surface area (Å²) in [6, 6.07) is 0.801. The second kappa shape index (κ2) is 6.36. The molecule has 0 atom stereocenters. The summed E-state index contributed by atoms with van der Waals surface area (Å²) in [5.74, 6) is 0.875. The van der Waals surface area contributed by atoms with Gasteiger partial charge in [-0.3, -0.25) is 0 Å². The van der Waals surface area contributed by atoms with Crippen LogP contribution in [0.15, 0.2) is 0 Å². The molecule has 2 rings (SSSR count). The number of ether oxygens (including phenoxy) is 1. The van der Waals surface area contributed by atoms with E-state index in [1.54, 1.807) is 0 Å². The third-order valence-corrected chi connectivity index (χ3v) is 4.28. The summed E-state index contributed by atoms with van der Waals surface area (Å²) in [5, 5.41) is 3.65. The highest BCUT2D eigenvalue weighted by atomic mass is 16.5. The van der Waals surface area contributed by atoms with E-state index in [1.807, 2.05) is 0 Å². The van der Waals surface area contributed by atoms with Crippen LogP contribution in [0.5, 0.6) is 0 Å². The average Bonchev–Trinajstić information content (AvgIpc) is 2.37. The van der Waals surface area contributed by atoms with Gasteiger partial charge >= 0.3 is 0 Å². The Kier molecular flexibility index (Phi) is 5.05. The lowest BCUT2D eigenvalue weighted by atomic mass is 9.93. The third-order valence-electron chi connectivity index (χ3n) is 4.28. The highest BCUT2D eigenvalue weighted by Crippen LogP contribution is 2.23. The Morgan fingerprint density at radius 1 is 1.06 bits per heavy atom. The highest BCUT2D eigenvalue weighted by Gasteiger charge is 2.26. The van der Waals surface area contributed by atoms with E-state index >= 15 is 0 Å². The van der Waals surface area contributed by atoms with Gasteiger partial charge in [0.15, 0.2) is 0 Å². The van der Waals surface area contributed by atoms with Gasteiger partial charge in [0.2, 0.25) is 0 Å². The van der Waals surface area contributed by atoms with Crippen molar-refractivity contribution in [3.63, 3.8) is 0 Å². The fraction of sp³-hybridized carbons (Fsp3) is 1.00. The van der Waals surface area contributed by atoms with Crippen LogP contribution in [-0.2, 0) is 4.74 Å². The van der Waals surface area contributed by atoms with Crippen LogP contribution >= 0.6 is 0 Å². The van der Waals surface area contributed by atoms with Crippen LogP contribution in [0.1, 0.15) is 46.5 Å². The Morgan fingerprint density at radius 2 is 1.67 bits per heavy atom. The first-order chi connectivity index (χ1) is 8.54. The molecule has 3 nitrogen and oxygen atoms in total. The van der Waals surface area contributed by atoms with E-state index in [1.165, 1.54) is 45.3 Å². The molecular formula is C15H30N2O. The molecule has 0 spiro atoms. The van der Waals surface area contributed by atoms with Crippen LogP contribution in [0.4, 0.5) is 0 Å². The lowest BCUT2D eigenvalue weighted by Gasteiger charge is -2.39. The average molecular weight is 254 g/mol. The largest absolute Gasteiger partial charge is 0.381 e. The van der Waals surface area contributed by atoms with Gasteiger partial charge in [0, 0.05) is 24.8 Å². The molecule has 0 saturated carbocycles. The summed E-state index contributed by atoms with van der Waals surface area (Å²) < 4.78 is 5.45. The lowest BCUT2D eigenvalue weighted by Crippen LogP contribution is -2.47. The highest BCUT2D eigenvalue weighted by molar-refractivity contribution is 4.82. The number of hydrogen-bond acceptors (Lipinski definition) is 3. The van der Waals surface area contributed by atoms with Gasteiger partial charge in [0.25, 0.3) is 0 Å². The Morgan fingerprint density at radius 3 is 2.22 bits per heavy atom. The number of hydrogen-bond donors (Lipinski definition) is 1. The maximum Gasteiger partial charge on any atom is 0.0480 e. The van der Waals surface area contributed by atoms with Crippen LogP contribution in [0.25, 0.3) is 0 Å². The number of piperidine rings is 1. The fourth-order valence-electron chi connectivity index (χ4n) is 3.02. The Labute approximate surface area is 112 Å². The van der Waals surface area contributed by atoms with Gasteiger partial charge in [0.1, 0.15) is 0 Å². The summed E-state index contributed by atoms with van der Waals surface area (Å²) in [7, 11) is 0. The quantitative estimate of drug-likeness (QED) is 0.836. The second-order valence-corrected chi connectivity index (χ2v) is 6.95. The summed E-state index contributed by atoms with van der Waals surface area (Å²) in [4.78, 5) is 2.70. The lowest BCUT2D eigenvalue weighted by molar-refractivity contribution is 0.0208. The number of likely N-dealkylation sites (tertiary alicyclic amines) is 1. The molecule has 2 heterocycles. The van der Waals surface area contributed by atoms with Gasteiger partial charge < -0.3 is 15.0 Å². The first-order valence-corrected chi connectivity index (χ1v) is 7.61. The standard InChI is InChI=1S/C15H30N2O/c1-15(2,3)16-12-13-4-8-17(9-5-13)14-6-10-18-11-7-14/h13-14,16H,4-12H2,1-3H3. The molecule has 0 unspecified atom stereocenters. The maximum absolute atomic E-state index is 5.45. The van der Waals surface area contributed by atoms with E-state index in [-0.39, 0.29) is 5.54 Å². The number of nitrogens with one attached hydrogen (secondary N) is 1. The zero-order valence-corrected chi connectivity index (χ0v) is 12.4. The van der Waals surface area contributed by atoms with E-state index in [0.717, 1.165) is 25.2 Å². The predicted octanol–water partition coefficient (Wildman–Crippen LogP) is 2.27. The zero-order chi connectivity index (χ0) is 13.0. The summed E-state index contributed by atoms with van der Waals surface area (Å²) in [6.07, 6.45) is 5.21. The molecule has 106 valence electrons. The SMILES string of the molecule is CC(C)(C)NCC1CCN(C2CCOCC2)CC1. The second-order valence-electron chi connectivity index (χ2n) is 6.95. The molecular weight excluding hydrogens is 224 g/mol. The van der Waals surface area contributed by atoms with Crippen LogP contribution in [0, 0.1) is 5.92 Å². The first-order valence-electron chi connectivity index (χ1n) is 7.61. The van der Waals surface area contributed by atoms with Gasteiger partial charge in [-0.15, -0.1) is 0 Å². The molecule has 2 aliphatic heterocycles. The van der Waals surface area contributed by atoms with Gasteiger partial charge in [-0.05, 0) is 72.0 Å². The molecule has 18 heavy (non-hydrogen) atoms. The maximum atomic E-state index is 5.45. The smallest absolute Gasteiger partial charge is 0.0480 e. The van der Waals surface area contributed by atoms with Crippen molar-refractivity contribution >= 4 is 0 Å². The van der Waals surface area contributed by atoms with Crippen LogP contribution in [0.2, 0.25) is 0 Å². The van der Waals surface area contributed by atoms with E-state index in [2.05, 4.69) is 31.0 Å². The minimum Gasteiger partial charge on any atom is -0.381 e. The van der Waals surface area contributed by atoms with Gasteiger partial charge in [-0.2, -0.15) is 0 Å². The fourth-order valence-corrected chi connectivity index (χ4v) is 3.02. The normalized spacial score (nSPS) is 25.5. The van der Waals surface area contributed by atoms with E-state index < -0.39 is 0 Å². The van der Waals surface area contributed by atoms with Crippen molar-refractivity contribution in [2.24, 2.45) is 5.92 Å². The summed E-state index contributed by atoms with van der Waals surface area (Å²) in [6.45, 7) is 12.5. The van der Waals surface area contributed by atoms with Gasteiger partial charge in [-0.1, -0.05) is 0 Å². The van der Waals surface area contributed by atoms with Crippen molar-refractivity contribution in [2.45, 2.75) is 58.0 Å². The zero-order valence-electron chi connectivity index (χ0n) is 12.4. The summed E-state index contributed by atoms with van der Waals surface area (Å²) in [5.41, 5.74) is 0.262. The molecule has 2 aliphatic rings. The molecule has 3 heteroatoms. The monoisotopic (exact) mass is 254 g/mol. The molecule has 0 aliphatic carbocycles. The molecule has 2 fully saturated rings. The molecule has 0 aromatic rings. The van der Waals surface area contributed by atoms with Gasteiger partial charge in [0.05, 0.1) is 0 Å². The minimum absolute atomic E-state index is 0.262. The Balaban J connectivity index is 1.67. The molecule has 0 aromatic carbocycles. The van der Waals surface area contributed by atoms with E-state index in [9.17, 15) is 0 Å².